The van der Waals surface area contributed by atoms with Crippen molar-refractivity contribution in [3.8, 4) is 0 Å². The van der Waals surface area contributed by atoms with Gasteiger partial charge in [0.2, 0.25) is 0 Å². The lowest BCUT2D eigenvalue weighted by atomic mass is 10.2. The first-order valence-corrected chi connectivity index (χ1v) is 6.08. The third-order valence-electron chi connectivity index (χ3n) is 2.40. The molecule has 0 saturated carbocycles. The minimum absolute atomic E-state index is 0.591. The fourth-order valence-corrected chi connectivity index (χ4v) is 1.86. The molecule has 1 heterocycles. The average molecular weight is 283 g/mol. The zero-order chi connectivity index (χ0) is 13.1. The molecular weight excluding hydrogens is 271 g/mol. The van der Waals surface area contributed by atoms with E-state index in [4.69, 9.17) is 23.2 Å². The minimum Gasteiger partial charge on any atom is -0.372 e. The summed E-state index contributed by atoms with van der Waals surface area (Å²) in [5.41, 5.74) is 1.64. The van der Waals surface area contributed by atoms with Crippen molar-refractivity contribution in [3.63, 3.8) is 0 Å². The van der Waals surface area contributed by atoms with E-state index < -0.39 is 0 Å². The Morgan fingerprint density at radius 3 is 2.50 bits per heavy atom. The molecule has 2 aromatic rings. The van der Waals surface area contributed by atoms with Crippen LogP contribution in [0.3, 0.4) is 0 Å². The van der Waals surface area contributed by atoms with Gasteiger partial charge in [0.1, 0.15) is 5.82 Å². The predicted octanol–water partition coefficient (Wildman–Crippen LogP) is 3.88. The largest absolute Gasteiger partial charge is 0.372 e. The van der Waals surface area contributed by atoms with Crippen LogP contribution in [0.25, 0.3) is 0 Å². The van der Waals surface area contributed by atoms with Crippen molar-refractivity contribution in [2.45, 2.75) is 6.92 Å². The number of benzene rings is 1. The molecule has 0 radical (unpaired) electrons. The quantitative estimate of drug-likeness (QED) is 0.897. The molecule has 0 fully saturated rings. The maximum Gasteiger partial charge on any atom is 0.151 e. The highest BCUT2D eigenvalue weighted by molar-refractivity contribution is 6.35. The highest BCUT2D eigenvalue weighted by Crippen LogP contribution is 2.30. The van der Waals surface area contributed by atoms with Gasteiger partial charge in [-0.25, -0.2) is 4.98 Å². The van der Waals surface area contributed by atoms with Gasteiger partial charge in [-0.05, 0) is 24.6 Å². The molecule has 94 valence electrons. The van der Waals surface area contributed by atoms with Gasteiger partial charge < -0.3 is 10.6 Å². The van der Waals surface area contributed by atoms with Gasteiger partial charge in [-0.2, -0.15) is 0 Å². The Hall–Kier alpha value is -1.52. The molecule has 0 atom stereocenters. The van der Waals surface area contributed by atoms with Crippen LogP contribution in [0.1, 0.15) is 5.56 Å². The number of anilines is 3. The maximum atomic E-state index is 6.14. The summed E-state index contributed by atoms with van der Waals surface area (Å²) in [5.74, 6) is 1.28. The van der Waals surface area contributed by atoms with E-state index in [9.17, 15) is 0 Å². The van der Waals surface area contributed by atoms with E-state index in [0.717, 1.165) is 5.56 Å². The molecule has 0 aliphatic heterocycles. The molecule has 4 nitrogen and oxygen atoms in total. The van der Waals surface area contributed by atoms with Crippen molar-refractivity contribution in [3.05, 3.63) is 40.1 Å². The molecule has 1 aromatic heterocycles. The predicted molar refractivity (Wildman–Crippen MR) is 76.1 cm³/mol. The van der Waals surface area contributed by atoms with Crippen molar-refractivity contribution >= 4 is 40.5 Å². The topological polar surface area (TPSA) is 49.8 Å². The summed E-state index contributed by atoms with van der Waals surface area (Å²) in [6.07, 6.45) is 3.25. The zero-order valence-corrected chi connectivity index (χ0v) is 11.5. The van der Waals surface area contributed by atoms with E-state index in [-0.39, 0.29) is 0 Å². The fourth-order valence-electron chi connectivity index (χ4n) is 1.43. The number of aromatic nitrogens is 2. The van der Waals surface area contributed by atoms with Crippen LogP contribution in [0.5, 0.6) is 0 Å². The van der Waals surface area contributed by atoms with Crippen LogP contribution in [0.4, 0.5) is 17.3 Å². The highest BCUT2D eigenvalue weighted by atomic mass is 35.5. The van der Waals surface area contributed by atoms with Gasteiger partial charge in [0.05, 0.1) is 23.1 Å². The molecule has 0 bridgehead atoms. The standard InChI is InChI=1S/C12H12Cl2N4/c1-7-3-9(14)10(4-8(7)13)17-12-6-16-5-11(15-2)18-12/h3-6H,1-2H3,(H2,15,17,18). The fraction of sp³-hybridized carbons (Fsp3) is 0.167. The molecule has 6 heteroatoms. The molecule has 18 heavy (non-hydrogen) atoms. The van der Waals surface area contributed by atoms with E-state index in [0.29, 0.717) is 27.4 Å². The Morgan fingerprint density at radius 2 is 1.78 bits per heavy atom. The van der Waals surface area contributed by atoms with Gasteiger partial charge in [0.25, 0.3) is 0 Å². The summed E-state index contributed by atoms with van der Waals surface area (Å²) in [4.78, 5) is 8.35. The van der Waals surface area contributed by atoms with Crippen LogP contribution in [-0.2, 0) is 0 Å². The summed E-state index contributed by atoms with van der Waals surface area (Å²) < 4.78 is 0. The van der Waals surface area contributed by atoms with Crippen LogP contribution in [0.15, 0.2) is 24.5 Å². The SMILES string of the molecule is CNc1cncc(Nc2cc(Cl)c(C)cc2Cl)n1. The highest BCUT2D eigenvalue weighted by Gasteiger charge is 2.06. The van der Waals surface area contributed by atoms with Gasteiger partial charge >= 0.3 is 0 Å². The second-order valence-corrected chi connectivity index (χ2v) is 4.56. The number of hydrogen-bond acceptors (Lipinski definition) is 4. The third-order valence-corrected chi connectivity index (χ3v) is 3.12. The van der Waals surface area contributed by atoms with Crippen molar-refractivity contribution in [1.82, 2.24) is 9.97 Å². The Bertz CT molecular complexity index is 572. The number of aryl methyl sites for hydroxylation is 1. The Kier molecular flexibility index (Phi) is 3.89. The average Bonchev–Trinajstić information content (AvgIpc) is 2.36. The maximum absolute atomic E-state index is 6.14. The monoisotopic (exact) mass is 282 g/mol. The summed E-state index contributed by atoms with van der Waals surface area (Å²) in [5, 5.41) is 7.24. The van der Waals surface area contributed by atoms with Crippen LogP contribution in [0, 0.1) is 6.92 Å². The minimum atomic E-state index is 0.591. The lowest BCUT2D eigenvalue weighted by molar-refractivity contribution is 1.18. The first-order chi connectivity index (χ1) is 8.60. The van der Waals surface area contributed by atoms with Crippen molar-refractivity contribution in [2.75, 3.05) is 17.7 Å². The molecule has 0 amide bonds. The van der Waals surface area contributed by atoms with E-state index in [1.54, 1.807) is 25.5 Å². The van der Waals surface area contributed by atoms with Gasteiger partial charge in [-0.15, -0.1) is 0 Å². The number of nitrogens with zero attached hydrogens (tertiary/aromatic N) is 2. The lowest BCUT2D eigenvalue weighted by Gasteiger charge is -2.10. The van der Waals surface area contributed by atoms with Crippen molar-refractivity contribution in [1.29, 1.82) is 0 Å². The molecule has 0 aliphatic carbocycles. The first-order valence-electron chi connectivity index (χ1n) is 5.32. The van der Waals surface area contributed by atoms with Gasteiger partial charge in [0, 0.05) is 12.1 Å². The second-order valence-electron chi connectivity index (χ2n) is 3.75. The molecule has 0 spiro atoms. The molecule has 2 N–H and O–H groups in total. The summed E-state index contributed by atoms with van der Waals surface area (Å²) >= 11 is 12.2. The van der Waals surface area contributed by atoms with Crippen LogP contribution >= 0.6 is 23.2 Å². The molecule has 0 aliphatic rings. The first kappa shape index (κ1) is 12.9. The summed E-state index contributed by atoms with van der Waals surface area (Å²) in [6.45, 7) is 1.90. The molecule has 1 aromatic carbocycles. The zero-order valence-electron chi connectivity index (χ0n) is 9.96. The summed E-state index contributed by atoms with van der Waals surface area (Å²) in [7, 11) is 1.78. The van der Waals surface area contributed by atoms with Crippen LogP contribution in [-0.4, -0.2) is 17.0 Å². The Morgan fingerprint density at radius 1 is 1.06 bits per heavy atom. The molecule has 2 rings (SSSR count). The third kappa shape index (κ3) is 2.83. The molecule has 0 unspecified atom stereocenters. The Labute approximate surface area is 115 Å². The van der Waals surface area contributed by atoms with E-state index in [2.05, 4.69) is 20.6 Å². The normalized spacial score (nSPS) is 10.2. The van der Waals surface area contributed by atoms with Crippen molar-refractivity contribution < 1.29 is 0 Å². The van der Waals surface area contributed by atoms with E-state index >= 15 is 0 Å². The van der Waals surface area contributed by atoms with Gasteiger partial charge in [-0.3, -0.25) is 4.98 Å². The summed E-state index contributed by atoms with van der Waals surface area (Å²) in [6, 6.07) is 3.58. The van der Waals surface area contributed by atoms with Gasteiger partial charge in [0.15, 0.2) is 5.82 Å². The molecular formula is C12H12Cl2N4. The number of hydrogen-bond donors (Lipinski definition) is 2. The van der Waals surface area contributed by atoms with Crippen LogP contribution in [0.2, 0.25) is 10.0 Å². The van der Waals surface area contributed by atoms with E-state index in [1.165, 1.54) is 0 Å². The molecule has 0 saturated heterocycles. The van der Waals surface area contributed by atoms with Gasteiger partial charge in [-0.1, -0.05) is 23.2 Å². The number of rotatable bonds is 3. The lowest BCUT2D eigenvalue weighted by Crippen LogP contribution is -1.99. The number of halogens is 2. The second kappa shape index (κ2) is 5.42. The van der Waals surface area contributed by atoms with E-state index in [1.807, 2.05) is 13.0 Å². The Balaban J connectivity index is 2.30. The smallest absolute Gasteiger partial charge is 0.151 e. The number of nitrogens with one attached hydrogen (secondary N) is 2. The van der Waals surface area contributed by atoms with Crippen LogP contribution < -0.4 is 10.6 Å². The van der Waals surface area contributed by atoms with Crippen molar-refractivity contribution in [2.24, 2.45) is 0 Å².